The van der Waals surface area contributed by atoms with Crippen molar-refractivity contribution in [1.29, 1.82) is 0 Å². The molecule has 0 N–H and O–H groups in total. The van der Waals surface area contributed by atoms with Gasteiger partial charge in [-0.2, -0.15) is 0 Å². The summed E-state index contributed by atoms with van der Waals surface area (Å²) >= 11 is 1.22. The van der Waals surface area contributed by atoms with Crippen LogP contribution in [0.15, 0.2) is 44.4 Å². The summed E-state index contributed by atoms with van der Waals surface area (Å²) in [4.78, 5) is 0. The van der Waals surface area contributed by atoms with Crippen LogP contribution >= 0.6 is 0 Å². The molecule has 3 heteroatoms. The molecule has 0 aliphatic heterocycles. The standard InChI is InChI=1S/C11H11.2ClH.Hf/c1-9-5-4-8-11(9)10-6-2-3-7-10;;;/h2,4-6H,3,8H2,1H3;2*1H;/q;;;+2/p-2. The molecule has 0 radical (unpaired) electrons. The van der Waals surface area contributed by atoms with Crippen molar-refractivity contribution >= 4 is 0 Å². The van der Waals surface area contributed by atoms with E-state index in [1.54, 1.807) is 14.5 Å². The van der Waals surface area contributed by atoms with Crippen LogP contribution in [-0.4, -0.2) is 0 Å². The second-order valence-corrected chi connectivity index (χ2v) is 5.44. The van der Waals surface area contributed by atoms with E-state index in [-0.39, 0.29) is 24.8 Å². The second kappa shape index (κ2) is 6.09. The van der Waals surface area contributed by atoms with E-state index in [1.165, 1.54) is 36.4 Å². The van der Waals surface area contributed by atoms with Gasteiger partial charge in [-0.1, -0.05) is 0 Å². The van der Waals surface area contributed by atoms with Crippen LogP contribution in [0, 0.1) is 0 Å². The normalized spacial score (nSPS) is 18.8. The minimum absolute atomic E-state index is 0. The van der Waals surface area contributed by atoms with Crippen LogP contribution in [-0.2, 0) is 24.4 Å². The molecule has 2 aliphatic carbocycles. The first-order valence-corrected chi connectivity index (χ1v) is 6.06. The van der Waals surface area contributed by atoms with Gasteiger partial charge in [-0.3, -0.25) is 0 Å². The fourth-order valence-corrected chi connectivity index (χ4v) is 2.99. The van der Waals surface area contributed by atoms with Gasteiger partial charge in [-0.15, -0.1) is 0 Å². The second-order valence-electron chi connectivity index (χ2n) is 3.27. The van der Waals surface area contributed by atoms with Crippen molar-refractivity contribution in [2.45, 2.75) is 19.8 Å². The summed E-state index contributed by atoms with van der Waals surface area (Å²) in [6.45, 7) is 2.22. The molecular formula is C11H11Cl2Hf. The average molecular weight is 393 g/mol. The fraction of sp³-hybridized carbons (Fsp3) is 0.273. The van der Waals surface area contributed by atoms with E-state index in [0.717, 1.165) is 6.42 Å². The predicted molar refractivity (Wildman–Crippen MR) is 47.2 cm³/mol. The maximum atomic E-state index is 2.30. The number of halogens is 2. The average Bonchev–Trinajstić information content (AvgIpc) is 2.59. The van der Waals surface area contributed by atoms with E-state index in [1.807, 2.05) is 0 Å². The molecule has 2 rings (SSSR count). The Labute approximate surface area is 113 Å². The maximum absolute atomic E-state index is 2.30. The van der Waals surface area contributed by atoms with E-state index < -0.39 is 0 Å². The number of hydrogen-bond acceptors (Lipinski definition) is 0. The molecule has 0 amide bonds. The van der Waals surface area contributed by atoms with E-state index in [9.17, 15) is 0 Å². The Kier molecular flexibility index (Phi) is 6.27. The number of hydrogen-bond donors (Lipinski definition) is 0. The van der Waals surface area contributed by atoms with Crippen molar-refractivity contribution in [3.8, 4) is 0 Å². The van der Waals surface area contributed by atoms with Gasteiger partial charge < -0.3 is 24.8 Å². The molecule has 0 nitrogen and oxygen atoms in total. The summed E-state index contributed by atoms with van der Waals surface area (Å²) in [5, 5.41) is 0. The summed E-state index contributed by atoms with van der Waals surface area (Å²) in [5.74, 6) is 0. The van der Waals surface area contributed by atoms with Gasteiger partial charge in [-0.25, -0.2) is 0 Å². The third-order valence-corrected chi connectivity index (χ3v) is 4.12. The Balaban J connectivity index is 0.000000845. The maximum Gasteiger partial charge on any atom is -1.00 e. The molecule has 0 spiro atoms. The molecule has 0 fully saturated rings. The van der Waals surface area contributed by atoms with Gasteiger partial charge >= 0.3 is 88.5 Å². The van der Waals surface area contributed by atoms with Crippen LogP contribution in [0.1, 0.15) is 19.8 Å². The monoisotopic (exact) mass is 393 g/mol. The molecule has 0 aromatic carbocycles. The Bertz CT molecular complexity index is 335. The molecule has 0 saturated heterocycles. The van der Waals surface area contributed by atoms with Crippen molar-refractivity contribution in [2.24, 2.45) is 0 Å². The molecule has 0 atom stereocenters. The van der Waals surface area contributed by atoms with Crippen LogP contribution in [0.25, 0.3) is 0 Å². The molecule has 0 heterocycles. The van der Waals surface area contributed by atoms with E-state index >= 15 is 0 Å². The molecule has 14 heavy (non-hydrogen) atoms. The van der Waals surface area contributed by atoms with Crippen LogP contribution in [0.3, 0.4) is 0 Å². The molecular weight excluding hydrogens is 382 g/mol. The molecule has 2 aliphatic rings. The van der Waals surface area contributed by atoms with Gasteiger partial charge in [0.1, 0.15) is 0 Å². The van der Waals surface area contributed by atoms with Gasteiger partial charge in [0.15, 0.2) is 0 Å². The molecule has 0 bridgehead atoms. The van der Waals surface area contributed by atoms with E-state index in [4.69, 9.17) is 0 Å². The van der Waals surface area contributed by atoms with Crippen molar-refractivity contribution in [1.82, 2.24) is 0 Å². The van der Waals surface area contributed by atoms with Crippen LogP contribution in [0.5, 0.6) is 0 Å². The zero-order valence-electron chi connectivity index (χ0n) is 7.98. The number of rotatable bonds is 1. The topological polar surface area (TPSA) is 0 Å². The fourth-order valence-electron chi connectivity index (χ4n) is 1.73. The van der Waals surface area contributed by atoms with Gasteiger partial charge in [-0.05, 0) is 0 Å². The zero-order chi connectivity index (χ0) is 8.55. The third kappa shape index (κ3) is 2.71. The van der Waals surface area contributed by atoms with Crippen molar-refractivity contribution < 1.29 is 49.2 Å². The SMILES string of the molecule is CC1=C(C2=[C]([Hf+2])CC=C2)CC=C1.[Cl-].[Cl-]. The Hall–Kier alpha value is 0.410. The van der Waals surface area contributed by atoms with Crippen LogP contribution in [0.4, 0.5) is 0 Å². The predicted octanol–water partition coefficient (Wildman–Crippen LogP) is -2.97. The first-order valence-electron chi connectivity index (χ1n) is 4.27. The summed E-state index contributed by atoms with van der Waals surface area (Å²) in [6.07, 6.45) is 11.4. The minimum atomic E-state index is 0. The molecule has 73 valence electrons. The first-order chi connectivity index (χ1) is 5.79. The molecule has 0 aromatic heterocycles. The summed E-state index contributed by atoms with van der Waals surface area (Å²) < 4.78 is 1.66. The number of allylic oxidation sites excluding steroid dienone is 8. The van der Waals surface area contributed by atoms with Crippen molar-refractivity contribution in [3.05, 3.63) is 44.4 Å². The third-order valence-electron chi connectivity index (χ3n) is 2.42. The summed E-state index contributed by atoms with van der Waals surface area (Å²) in [5.41, 5.74) is 4.57. The first kappa shape index (κ1) is 14.4. The van der Waals surface area contributed by atoms with Crippen LogP contribution in [0.2, 0.25) is 0 Å². The quantitative estimate of drug-likeness (QED) is 0.418. The summed E-state index contributed by atoms with van der Waals surface area (Å²) in [7, 11) is 0. The van der Waals surface area contributed by atoms with Crippen molar-refractivity contribution in [2.75, 3.05) is 0 Å². The Morgan fingerprint density at radius 1 is 1.07 bits per heavy atom. The van der Waals surface area contributed by atoms with Gasteiger partial charge in [0.25, 0.3) is 0 Å². The van der Waals surface area contributed by atoms with E-state index in [0.29, 0.717) is 0 Å². The van der Waals surface area contributed by atoms with Crippen LogP contribution < -0.4 is 24.8 Å². The van der Waals surface area contributed by atoms with Gasteiger partial charge in [0.05, 0.1) is 0 Å². The Morgan fingerprint density at radius 2 is 1.71 bits per heavy atom. The van der Waals surface area contributed by atoms with Crippen molar-refractivity contribution in [3.63, 3.8) is 0 Å². The molecule has 0 aromatic rings. The zero-order valence-corrected chi connectivity index (χ0v) is 13.1. The van der Waals surface area contributed by atoms with Gasteiger partial charge in [0, 0.05) is 0 Å². The Morgan fingerprint density at radius 3 is 2.14 bits per heavy atom. The largest absolute Gasteiger partial charge is 1.00 e. The van der Waals surface area contributed by atoms with E-state index in [2.05, 4.69) is 31.2 Å². The molecule has 0 saturated carbocycles. The van der Waals surface area contributed by atoms with Gasteiger partial charge in [0.2, 0.25) is 0 Å². The minimum Gasteiger partial charge on any atom is -1.00 e. The molecule has 0 unspecified atom stereocenters. The summed E-state index contributed by atoms with van der Waals surface area (Å²) in [6, 6.07) is 0. The smallest absolute Gasteiger partial charge is 1.00 e.